The molecular weight excluding hydrogens is 322 g/mol. The fourth-order valence-electron chi connectivity index (χ4n) is 3.96. The van der Waals surface area contributed by atoms with Crippen LogP contribution in [0.4, 0.5) is 0 Å². The number of nitrogens with zero attached hydrogens (tertiary/aromatic N) is 1. The molecule has 1 aromatic rings. The predicted molar refractivity (Wildman–Crippen MR) is 89.4 cm³/mol. The number of piperidine rings is 2. The number of methoxy groups -OCH3 is 1. The minimum Gasteiger partial charge on any atom is -0.469 e. The number of fused-ring (bicyclic) bond motifs is 2. The molecule has 0 aromatic heterocycles. The second-order valence-electron chi connectivity index (χ2n) is 6.82. The van der Waals surface area contributed by atoms with Crippen LogP contribution in [0.3, 0.4) is 0 Å². The van der Waals surface area contributed by atoms with Gasteiger partial charge in [-0.15, -0.1) is 0 Å². The fraction of sp³-hybridized carbons (Fsp3) is 0.526. The molecule has 2 heterocycles. The Hall–Kier alpha value is -2.21. The van der Waals surface area contributed by atoms with Crippen LogP contribution < -0.4 is 0 Å². The lowest BCUT2D eigenvalue weighted by Gasteiger charge is -2.48. The van der Waals surface area contributed by atoms with Gasteiger partial charge in [0.2, 0.25) is 0 Å². The van der Waals surface area contributed by atoms with Crippen molar-refractivity contribution in [3.05, 3.63) is 35.9 Å². The van der Waals surface area contributed by atoms with Crippen LogP contribution in [0.1, 0.15) is 24.8 Å². The molecule has 6 nitrogen and oxygen atoms in total. The zero-order valence-electron chi connectivity index (χ0n) is 14.5. The number of hydrogen-bond donors (Lipinski definition) is 0. The molecule has 3 rings (SSSR count). The van der Waals surface area contributed by atoms with Gasteiger partial charge in [0, 0.05) is 18.5 Å². The van der Waals surface area contributed by atoms with E-state index in [1.807, 2.05) is 37.4 Å². The van der Waals surface area contributed by atoms with Crippen molar-refractivity contribution < 1.29 is 23.9 Å². The number of carbonyl (C=O) groups is 3. The third kappa shape index (κ3) is 3.58. The van der Waals surface area contributed by atoms with E-state index in [2.05, 4.69) is 4.90 Å². The molecule has 4 atom stereocenters. The lowest BCUT2D eigenvalue weighted by Crippen LogP contribution is -2.60. The molecule has 0 spiro atoms. The van der Waals surface area contributed by atoms with E-state index in [0.717, 1.165) is 5.56 Å². The summed E-state index contributed by atoms with van der Waals surface area (Å²) >= 11 is 0. The first-order chi connectivity index (χ1) is 12.0. The van der Waals surface area contributed by atoms with Gasteiger partial charge in [-0.1, -0.05) is 30.3 Å². The van der Waals surface area contributed by atoms with Crippen molar-refractivity contribution >= 4 is 17.7 Å². The van der Waals surface area contributed by atoms with Crippen LogP contribution in [-0.2, 0) is 30.5 Å². The highest BCUT2D eigenvalue weighted by Crippen LogP contribution is 2.38. The smallest absolute Gasteiger partial charge is 0.318 e. The molecule has 1 aromatic carbocycles. The largest absolute Gasteiger partial charge is 0.469 e. The molecule has 2 saturated heterocycles. The molecule has 0 amide bonds. The Labute approximate surface area is 147 Å². The Balaban J connectivity index is 1.71. The van der Waals surface area contributed by atoms with E-state index in [0.29, 0.717) is 12.8 Å². The monoisotopic (exact) mass is 345 g/mol. The normalized spacial score (nSPS) is 29.1. The highest BCUT2D eigenvalue weighted by Gasteiger charge is 2.50. The van der Waals surface area contributed by atoms with Crippen molar-refractivity contribution in [2.45, 2.75) is 38.0 Å². The first-order valence-electron chi connectivity index (χ1n) is 8.54. The zero-order valence-corrected chi connectivity index (χ0v) is 14.5. The first kappa shape index (κ1) is 17.6. The molecule has 134 valence electrons. The summed E-state index contributed by atoms with van der Waals surface area (Å²) in [5, 5.41) is 0. The average Bonchev–Trinajstić information content (AvgIpc) is 2.61. The molecule has 25 heavy (non-hydrogen) atoms. The van der Waals surface area contributed by atoms with Crippen molar-refractivity contribution in [2.24, 2.45) is 11.8 Å². The van der Waals surface area contributed by atoms with Gasteiger partial charge in [0.1, 0.15) is 18.3 Å². The van der Waals surface area contributed by atoms with E-state index in [1.165, 1.54) is 7.11 Å². The fourth-order valence-corrected chi connectivity index (χ4v) is 3.96. The summed E-state index contributed by atoms with van der Waals surface area (Å²) in [7, 11) is 3.28. The van der Waals surface area contributed by atoms with Crippen molar-refractivity contribution in [1.82, 2.24) is 4.90 Å². The second kappa shape index (κ2) is 7.35. The summed E-state index contributed by atoms with van der Waals surface area (Å²) in [5.41, 5.74) is 0.876. The number of carbonyl (C=O) groups excluding carboxylic acids is 3. The number of benzene rings is 1. The lowest BCUT2D eigenvalue weighted by atomic mass is 9.73. The molecule has 2 bridgehead atoms. The Bertz CT molecular complexity index is 659. The number of rotatable bonds is 4. The van der Waals surface area contributed by atoms with Gasteiger partial charge in [0.05, 0.1) is 13.0 Å². The predicted octanol–water partition coefficient (Wildman–Crippen LogP) is 1.57. The van der Waals surface area contributed by atoms with Crippen LogP contribution in [0.15, 0.2) is 30.3 Å². The topological polar surface area (TPSA) is 72.9 Å². The minimum absolute atomic E-state index is 0.0199. The SMILES string of the molecule is COC(=O)C1CC2CC(=O)C(C(=O)OCc3ccccc3)C(C1)N2C. The van der Waals surface area contributed by atoms with Crippen molar-refractivity contribution in [2.75, 3.05) is 14.2 Å². The summed E-state index contributed by atoms with van der Waals surface area (Å²) in [5.74, 6) is -1.97. The van der Waals surface area contributed by atoms with E-state index >= 15 is 0 Å². The molecule has 6 heteroatoms. The van der Waals surface area contributed by atoms with Gasteiger partial charge in [-0.25, -0.2) is 0 Å². The Morgan fingerprint density at radius 2 is 1.88 bits per heavy atom. The van der Waals surface area contributed by atoms with E-state index < -0.39 is 11.9 Å². The zero-order chi connectivity index (χ0) is 18.0. The number of hydrogen-bond acceptors (Lipinski definition) is 6. The molecular formula is C19H23NO5. The molecule has 0 saturated carbocycles. The van der Waals surface area contributed by atoms with Crippen LogP contribution in [0.5, 0.6) is 0 Å². The van der Waals surface area contributed by atoms with Crippen molar-refractivity contribution in [1.29, 1.82) is 0 Å². The number of ether oxygens (including phenoxy) is 2. The van der Waals surface area contributed by atoms with Crippen LogP contribution in [-0.4, -0.2) is 48.9 Å². The maximum Gasteiger partial charge on any atom is 0.318 e. The van der Waals surface area contributed by atoms with Gasteiger partial charge < -0.3 is 9.47 Å². The van der Waals surface area contributed by atoms with E-state index in [4.69, 9.17) is 9.47 Å². The van der Waals surface area contributed by atoms with Crippen molar-refractivity contribution in [3.63, 3.8) is 0 Å². The first-order valence-corrected chi connectivity index (χ1v) is 8.54. The lowest BCUT2D eigenvalue weighted by molar-refractivity contribution is -0.165. The maximum absolute atomic E-state index is 12.6. The summed E-state index contributed by atoms with van der Waals surface area (Å²) in [6.45, 7) is 0.143. The molecule has 2 aliphatic rings. The quantitative estimate of drug-likeness (QED) is 0.609. The molecule has 0 radical (unpaired) electrons. The van der Waals surface area contributed by atoms with Crippen LogP contribution in [0.2, 0.25) is 0 Å². The highest BCUT2D eigenvalue weighted by atomic mass is 16.5. The van der Waals surface area contributed by atoms with Gasteiger partial charge in [-0.05, 0) is 25.5 Å². The summed E-state index contributed by atoms with van der Waals surface area (Å²) in [6.07, 6.45) is 1.30. The van der Waals surface area contributed by atoms with E-state index in [-0.39, 0.29) is 42.8 Å². The summed E-state index contributed by atoms with van der Waals surface area (Å²) in [4.78, 5) is 39.1. The minimum atomic E-state index is -0.836. The number of Topliss-reactive ketones (excluding diaryl/α,β-unsaturated/α-hetero) is 1. The van der Waals surface area contributed by atoms with Crippen LogP contribution in [0, 0.1) is 11.8 Å². The number of esters is 2. The maximum atomic E-state index is 12.6. The molecule has 4 unspecified atom stereocenters. The van der Waals surface area contributed by atoms with E-state index in [9.17, 15) is 14.4 Å². The van der Waals surface area contributed by atoms with Crippen molar-refractivity contribution in [3.8, 4) is 0 Å². The third-order valence-corrected chi connectivity index (χ3v) is 5.36. The van der Waals surface area contributed by atoms with Gasteiger partial charge in [0.15, 0.2) is 0 Å². The highest BCUT2D eigenvalue weighted by molar-refractivity contribution is 6.01. The molecule has 0 N–H and O–H groups in total. The Morgan fingerprint density at radius 3 is 2.56 bits per heavy atom. The average molecular weight is 345 g/mol. The summed E-state index contributed by atoms with van der Waals surface area (Å²) in [6, 6.07) is 9.03. The van der Waals surface area contributed by atoms with Gasteiger partial charge in [0.25, 0.3) is 0 Å². The third-order valence-electron chi connectivity index (χ3n) is 5.36. The molecule has 2 fully saturated rings. The second-order valence-corrected chi connectivity index (χ2v) is 6.82. The Kier molecular flexibility index (Phi) is 5.18. The molecule has 0 aliphatic carbocycles. The van der Waals surface area contributed by atoms with Gasteiger partial charge >= 0.3 is 11.9 Å². The van der Waals surface area contributed by atoms with Crippen LogP contribution >= 0.6 is 0 Å². The van der Waals surface area contributed by atoms with Crippen LogP contribution in [0.25, 0.3) is 0 Å². The molecule has 2 aliphatic heterocycles. The summed E-state index contributed by atoms with van der Waals surface area (Å²) < 4.78 is 10.3. The van der Waals surface area contributed by atoms with Gasteiger partial charge in [-0.2, -0.15) is 0 Å². The van der Waals surface area contributed by atoms with E-state index in [1.54, 1.807) is 0 Å². The standard InChI is InChI=1S/C19H23NO5/c1-20-14-8-13(18(22)24-2)9-15(20)17(16(21)10-14)19(23)25-11-12-6-4-3-5-7-12/h3-7,13-15,17H,8-11H2,1-2H3. The number of ketones is 1. The Morgan fingerprint density at radius 1 is 1.16 bits per heavy atom. The van der Waals surface area contributed by atoms with Gasteiger partial charge in [-0.3, -0.25) is 19.3 Å².